The summed E-state index contributed by atoms with van der Waals surface area (Å²) in [5.74, 6) is 0.892. The van der Waals surface area contributed by atoms with Gasteiger partial charge in [-0.05, 0) is 17.7 Å². The van der Waals surface area contributed by atoms with E-state index >= 15 is 0 Å². The molecule has 0 aliphatic rings. The highest BCUT2D eigenvalue weighted by atomic mass is 16.5. The Morgan fingerprint density at radius 1 is 1.40 bits per heavy atom. The highest BCUT2D eigenvalue weighted by molar-refractivity contribution is 5.28. The molecule has 3 heteroatoms. The SMILES string of the molecule is CC(C)NCCOc1cccc(CN)c1. The highest BCUT2D eigenvalue weighted by Crippen LogP contribution is 2.12. The normalized spacial score (nSPS) is 10.7. The number of nitrogens with one attached hydrogen (secondary N) is 1. The second-order valence-corrected chi connectivity index (χ2v) is 3.81. The van der Waals surface area contributed by atoms with Crippen molar-refractivity contribution in [3.8, 4) is 5.75 Å². The molecule has 84 valence electrons. The van der Waals surface area contributed by atoms with Crippen molar-refractivity contribution in [2.45, 2.75) is 26.4 Å². The molecule has 1 aromatic rings. The molecule has 0 aliphatic heterocycles. The number of benzene rings is 1. The Kier molecular flexibility index (Phi) is 5.15. The lowest BCUT2D eigenvalue weighted by atomic mass is 10.2. The van der Waals surface area contributed by atoms with Crippen LogP contribution in [0.3, 0.4) is 0 Å². The van der Waals surface area contributed by atoms with Gasteiger partial charge in [0.1, 0.15) is 12.4 Å². The summed E-state index contributed by atoms with van der Waals surface area (Å²) in [7, 11) is 0. The van der Waals surface area contributed by atoms with E-state index in [4.69, 9.17) is 10.5 Å². The third-order valence-electron chi connectivity index (χ3n) is 2.06. The summed E-state index contributed by atoms with van der Waals surface area (Å²) in [5.41, 5.74) is 6.65. The maximum absolute atomic E-state index is 5.58. The van der Waals surface area contributed by atoms with Gasteiger partial charge in [-0.2, -0.15) is 0 Å². The topological polar surface area (TPSA) is 47.3 Å². The van der Waals surface area contributed by atoms with Crippen molar-refractivity contribution in [1.29, 1.82) is 0 Å². The van der Waals surface area contributed by atoms with Crippen molar-refractivity contribution in [3.05, 3.63) is 29.8 Å². The highest BCUT2D eigenvalue weighted by Gasteiger charge is 1.96. The van der Waals surface area contributed by atoms with Crippen LogP contribution in [0.15, 0.2) is 24.3 Å². The Balaban J connectivity index is 2.30. The average Bonchev–Trinajstić information content (AvgIpc) is 2.24. The molecule has 0 aromatic heterocycles. The van der Waals surface area contributed by atoms with E-state index in [0.29, 0.717) is 19.2 Å². The molecule has 0 amide bonds. The zero-order chi connectivity index (χ0) is 11.1. The lowest BCUT2D eigenvalue weighted by Crippen LogP contribution is -2.27. The Hall–Kier alpha value is -1.06. The summed E-state index contributed by atoms with van der Waals surface area (Å²) in [5, 5.41) is 3.29. The van der Waals surface area contributed by atoms with Gasteiger partial charge in [-0.25, -0.2) is 0 Å². The lowest BCUT2D eigenvalue weighted by molar-refractivity contribution is 0.308. The van der Waals surface area contributed by atoms with E-state index in [9.17, 15) is 0 Å². The summed E-state index contributed by atoms with van der Waals surface area (Å²) in [6.45, 7) is 6.35. The largest absolute Gasteiger partial charge is 0.492 e. The zero-order valence-corrected chi connectivity index (χ0v) is 9.49. The summed E-state index contributed by atoms with van der Waals surface area (Å²) in [6.07, 6.45) is 0. The van der Waals surface area contributed by atoms with Crippen molar-refractivity contribution in [2.75, 3.05) is 13.2 Å². The molecule has 0 saturated carbocycles. The number of hydrogen-bond acceptors (Lipinski definition) is 3. The number of hydrogen-bond donors (Lipinski definition) is 2. The van der Waals surface area contributed by atoms with Crippen molar-refractivity contribution in [2.24, 2.45) is 5.73 Å². The fourth-order valence-electron chi connectivity index (χ4n) is 1.28. The third-order valence-corrected chi connectivity index (χ3v) is 2.06. The van der Waals surface area contributed by atoms with Crippen LogP contribution in [0, 0.1) is 0 Å². The molecule has 0 atom stereocenters. The molecule has 0 aliphatic carbocycles. The molecule has 0 unspecified atom stereocenters. The minimum absolute atomic E-state index is 0.504. The Labute approximate surface area is 91.6 Å². The van der Waals surface area contributed by atoms with Gasteiger partial charge in [0, 0.05) is 19.1 Å². The molecule has 15 heavy (non-hydrogen) atoms. The predicted molar refractivity (Wildman–Crippen MR) is 63.0 cm³/mol. The van der Waals surface area contributed by atoms with Crippen LogP contribution >= 0.6 is 0 Å². The third kappa shape index (κ3) is 4.81. The van der Waals surface area contributed by atoms with E-state index in [1.54, 1.807) is 0 Å². The average molecular weight is 208 g/mol. The lowest BCUT2D eigenvalue weighted by Gasteiger charge is -2.10. The Morgan fingerprint density at radius 2 is 2.20 bits per heavy atom. The number of nitrogens with two attached hydrogens (primary N) is 1. The summed E-state index contributed by atoms with van der Waals surface area (Å²) < 4.78 is 5.58. The van der Waals surface area contributed by atoms with Crippen LogP contribution in [0.1, 0.15) is 19.4 Å². The zero-order valence-electron chi connectivity index (χ0n) is 9.49. The van der Waals surface area contributed by atoms with Gasteiger partial charge in [0.15, 0.2) is 0 Å². The standard InChI is InChI=1S/C12H20N2O/c1-10(2)14-6-7-15-12-5-3-4-11(8-12)9-13/h3-5,8,10,14H,6-7,9,13H2,1-2H3. The first-order valence-electron chi connectivity index (χ1n) is 5.37. The van der Waals surface area contributed by atoms with Gasteiger partial charge >= 0.3 is 0 Å². The van der Waals surface area contributed by atoms with Gasteiger partial charge in [0.05, 0.1) is 0 Å². The number of rotatable bonds is 6. The van der Waals surface area contributed by atoms with Gasteiger partial charge in [-0.3, -0.25) is 0 Å². The molecule has 0 spiro atoms. The van der Waals surface area contributed by atoms with Crippen LogP contribution in [-0.2, 0) is 6.54 Å². The van der Waals surface area contributed by atoms with Crippen LogP contribution in [0.5, 0.6) is 5.75 Å². The van der Waals surface area contributed by atoms with Crippen molar-refractivity contribution >= 4 is 0 Å². The van der Waals surface area contributed by atoms with E-state index in [2.05, 4.69) is 19.2 Å². The van der Waals surface area contributed by atoms with E-state index in [0.717, 1.165) is 17.9 Å². The van der Waals surface area contributed by atoms with Gasteiger partial charge < -0.3 is 15.8 Å². The van der Waals surface area contributed by atoms with E-state index < -0.39 is 0 Å². The minimum Gasteiger partial charge on any atom is -0.492 e. The first-order valence-corrected chi connectivity index (χ1v) is 5.37. The van der Waals surface area contributed by atoms with Crippen molar-refractivity contribution in [1.82, 2.24) is 5.32 Å². The fraction of sp³-hybridized carbons (Fsp3) is 0.500. The number of ether oxygens (including phenoxy) is 1. The molecule has 0 fully saturated rings. The second kappa shape index (κ2) is 6.43. The molecule has 1 rings (SSSR count). The Bertz CT molecular complexity index is 287. The van der Waals surface area contributed by atoms with E-state index in [1.165, 1.54) is 0 Å². The molecule has 1 aromatic carbocycles. The van der Waals surface area contributed by atoms with Crippen LogP contribution < -0.4 is 15.8 Å². The second-order valence-electron chi connectivity index (χ2n) is 3.81. The molecular weight excluding hydrogens is 188 g/mol. The van der Waals surface area contributed by atoms with Gasteiger partial charge in [-0.1, -0.05) is 26.0 Å². The van der Waals surface area contributed by atoms with E-state index in [1.807, 2.05) is 24.3 Å². The quantitative estimate of drug-likeness (QED) is 0.697. The molecule has 0 bridgehead atoms. The summed E-state index contributed by atoms with van der Waals surface area (Å²) >= 11 is 0. The van der Waals surface area contributed by atoms with Crippen molar-refractivity contribution < 1.29 is 4.74 Å². The molecule has 0 radical (unpaired) electrons. The molecule has 0 saturated heterocycles. The molecule has 3 nitrogen and oxygen atoms in total. The van der Waals surface area contributed by atoms with Gasteiger partial charge in [0.2, 0.25) is 0 Å². The van der Waals surface area contributed by atoms with Crippen molar-refractivity contribution in [3.63, 3.8) is 0 Å². The minimum atomic E-state index is 0.504. The summed E-state index contributed by atoms with van der Waals surface area (Å²) in [4.78, 5) is 0. The maximum atomic E-state index is 5.58. The monoisotopic (exact) mass is 208 g/mol. The van der Waals surface area contributed by atoms with Crippen LogP contribution in [0.25, 0.3) is 0 Å². The molecular formula is C12H20N2O. The van der Waals surface area contributed by atoms with Gasteiger partial charge in [-0.15, -0.1) is 0 Å². The summed E-state index contributed by atoms with van der Waals surface area (Å²) in [6, 6.07) is 8.40. The Morgan fingerprint density at radius 3 is 2.87 bits per heavy atom. The predicted octanol–water partition coefficient (Wildman–Crippen LogP) is 1.52. The first-order chi connectivity index (χ1) is 7.22. The molecule has 0 heterocycles. The first kappa shape index (κ1) is 12.0. The van der Waals surface area contributed by atoms with Crippen LogP contribution in [0.4, 0.5) is 0 Å². The van der Waals surface area contributed by atoms with Crippen LogP contribution in [-0.4, -0.2) is 19.2 Å². The molecule has 3 N–H and O–H groups in total. The fourth-order valence-corrected chi connectivity index (χ4v) is 1.28. The van der Waals surface area contributed by atoms with Gasteiger partial charge in [0.25, 0.3) is 0 Å². The smallest absolute Gasteiger partial charge is 0.119 e. The maximum Gasteiger partial charge on any atom is 0.119 e. The van der Waals surface area contributed by atoms with E-state index in [-0.39, 0.29) is 0 Å². The van der Waals surface area contributed by atoms with Crippen LogP contribution in [0.2, 0.25) is 0 Å².